The molecule has 3 heteroatoms. The molecule has 0 aliphatic heterocycles. The van der Waals surface area contributed by atoms with Gasteiger partial charge in [0.2, 0.25) is 0 Å². The van der Waals surface area contributed by atoms with Crippen LogP contribution in [0.15, 0.2) is 24.3 Å². The summed E-state index contributed by atoms with van der Waals surface area (Å²) in [6.07, 6.45) is 3.98. The minimum absolute atomic E-state index is 0.171. The molecule has 1 unspecified atom stereocenters. The summed E-state index contributed by atoms with van der Waals surface area (Å²) in [5, 5.41) is 3.97. The van der Waals surface area contributed by atoms with Gasteiger partial charge in [0.15, 0.2) is 0 Å². The van der Waals surface area contributed by atoms with E-state index in [0.717, 1.165) is 24.9 Å². The van der Waals surface area contributed by atoms with Crippen LogP contribution in [-0.4, -0.2) is 12.3 Å². The van der Waals surface area contributed by atoms with Crippen molar-refractivity contribution in [1.29, 1.82) is 0 Å². The van der Waals surface area contributed by atoms with E-state index in [1.165, 1.54) is 6.42 Å². The molecule has 86 valence electrons. The van der Waals surface area contributed by atoms with Gasteiger partial charge in [0, 0.05) is 18.9 Å². The van der Waals surface area contributed by atoms with E-state index >= 15 is 0 Å². The van der Waals surface area contributed by atoms with E-state index in [1.54, 1.807) is 0 Å². The molecule has 0 amide bonds. The second kappa shape index (κ2) is 5.35. The number of rotatable bonds is 3. The largest absolute Gasteiger partial charge is 0.383 e. The Labute approximate surface area is 101 Å². The van der Waals surface area contributed by atoms with E-state index < -0.39 is 0 Å². The predicted octanol–water partition coefficient (Wildman–Crippen LogP) is 3.51. The van der Waals surface area contributed by atoms with E-state index in [-0.39, 0.29) is 5.92 Å². The Morgan fingerprint density at radius 2 is 2.12 bits per heavy atom. The summed E-state index contributed by atoms with van der Waals surface area (Å²) in [6.45, 7) is 0.711. The third-order valence-corrected chi connectivity index (χ3v) is 3.42. The fraction of sp³-hybridized carbons (Fsp3) is 0.462. The van der Waals surface area contributed by atoms with Gasteiger partial charge in [-0.1, -0.05) is 30.2 Å². The maximum Gasteiger partial charge on any atom is 0.137 e. The molecule has 0 radical (unpaired) electrons. The van der Waals surface area contributed by atoms with Gasteiger partial charge in [0.1, 0.15) is 5.78 Å². The van der Waals surface area contributed by atoms with Crippen molar-refractivity contribution in [2.75, 3.05) is 11.9 Å². The highest BCUT2D eigenvalue weighted by Crippen LogP contribution is 2.24. The molecule has 0 bridgehead atoms. The summed E-state index contributed by atoms with van der Waals surface area (Å²) in [5.74, 6) is 0.566. The minimum atomic E-state index is 0.171. The molecular formula is C13H16ClNO. The maximum atomic E-state index is 11.6. The number of anilines is 1. The minimum Gasteiger partial charge on any atom is -0.383 e. The van der Waals surface area contributed by atoms with Gasteiger partial charge < -0.3 is 5.32 Å². The Balaban J connectivity index is 1.92. The van der Waals surface area contributed by atoms with Gasteiger partial charge in [-0.05, 0) is 25.0 Å². The van der Waals surface area contributed by atoms with Crippen molar-refractivity contribution in [2.45, 2.75) is 25.7 Å². The SMILES string of the molecule is O=C1CCCCC1CNc1ccccc1Cl. The molecule has 1 saturated carbocycles. The molecule has 1 N–H and O–H groups in total. The molecule has 1 fully saturated rings. The van der Waals surface area contributed by atoms with Gasteiger partial charge in [-0.2, -0.15) is 0 Å². The van der Waals surface area contributed by atoms with Crippen LogP contribution in [0.25, 0.3) is 0 Å². The monoisotopic (exact) mass is 237 g/mol. The molecule has 0 aromatic heterocycles. The van der Waals surface area contributed by atoms with E-state index in [1.807, 2.05) is 24.3 Å². The molecule has 2 rings (SSSR count). The van der Waals surface area contributed by atoms with Crippen LogP contribution in [0.2, 0.25) is 5.02 Å². The molecule has 16 heavy (non-hydrogen) atoms. The lowest BCUT2D eigenvalue weighted by atomic mass is 9.88. The third kappa shape index (κ3) is 2.76. The summed E-state index contributed by atoms with van der Waals surface area (Å²) in [5.41, 5.74) is 0.919. The third-order valence-electron chi connectivity index (χ3n) is 3.09. The van der Waals surface area contributed by atoms with Gasteiger partial charge >= 0.3 is 0 Å². The number of Topliss-reactive ketones (excluding diaryl/α,β-unsaturated/α-hetero) is 1. The molecule has 0 heterocycles. The molecule has 1 atom stereocenters. The topological polar surface area (TPSA) is 29.1 Å². The van der Waals surface area contributed by atoms with Crippen LogP contribution in [0.1, 0.15) is 25.7 Å². The Hall–Kier alpha value is -1.02. The highest BCUT2D eigenvalue weighted by atomic mass is 35.5. The zero-order chi connectivity index (χ0) is 11.4. The lowest BCUT2D eigenvalue weighted by Gasteiger charge is -2.21. The van der Waals surface area contributed by atoms with Gasteiger partial charge in [-0.15, -0.1) is 0 Å². The van der Waals surface area contributed by atoms with Crippen LogP contribution in [0.5, 0.6) is 0 Å². The highest BCUT2D eigenvalue weighted by molar-refractivity contribution is 6.33. The highest BCUT2D eigenvalue weighted by Gasteiger charge is 2.21. The zero-order valence-corrected chi connectivity index (χ0v) is 9.96. The molecule has 1 aromatic carbocycles. The smallest absolute Gasteiger partial charge is 0.137 e. The molecule has 1 aliphatic carbocycles. The van der Waals surface area contributed by atoms with Gasteiger partial charge in [-0.3, -0.25) is 4.79 Å². The van der Waals surface area contributed by atoms with Gasteiger partial charge in [-0.25, -0.2) is 0 Å². The first-order chi connectivity index (χ1) is 7.77. The number of hydrogen-bond donors (Lipinski definition) is 1. The van der Waals surface area contributed by atoms with Crippen LogP contribution < -0.4 is 5.32 Å². The van der Waals surface area contributed by atoms with E-state index in [2.05, 4.69) is 5.32 Å². The number of ketones is 1. The van der Waals surface area contributed by atoms with E-state index in [9.17, 15) is 4.79 Å². The van der Waals surface area contributed by atoms with Crippen molar-refractivity contribution >= 4 is 23.1 Å². The predicted molar refractivity (Wildman–Crippen MR) is 66.9 cm³/mol. The van der Waals surface area contributed by atoms with Crippen LogP contribution in [0, 0.1) is 5.92 Å². The average Bonchev–Trinajstić information content (AvgIpc) is 2.30. The second-order valence-corrected chi connectivity index (χ2v) is 4.68. The second-order valence-electron chi connectivity index (χ2n) is 4.27. The molecule has 0 saturated heterocycles. The van der Waals surface area contributed by atoms with Crippen molar-refractivity contribution in [2.24, 2.45) is 5.92 Å². The average molecular weight is 238 g/mol. The number of carbonyl (C=O) groups is 1. The molecule has 1 aromatic rings. The number of benzene rings is 1. The summed E-state index contributed by atoms with van der Waals surface area (Å²) < 4.78 is 0. The standard InChI is InChI=1S/C13H16ClNO/c14-11-6-2-3-7-12(11)15-9-10-5-1-4-8-13(10)16/h2-3,6-7,10,15H,1,4-5,8-9H2. The number of hydrogen-bond acceptors (Lipinski definition) is 2. The van der Waals surface area contributed by atoms with Gasteiger partial charge in [0.25, 0.3) is 0 Å². The van der Waals surface area contributed by atoms with E-state index in [0.29, 0.717) is 17.4 Å². The summed E-state index contributed by atoms with van der Waals surface area (Å²) in [7, 11) is 0. The number of carbonyl (C=O) groups excluding carboxylic acids is 1. The van der Waals surface area contributed by atoms with Crippen molar-refractivity contribution in [3.05, 3.63) is 29.3 Å². The first kappa shape index (κ1) is 11.5. The van der Waals surface area contributed by atoms with Crippen LogP contribution >= 0.6 is 11.6 Å². The molecular weight excluding hydrogens is 222 g/mol. The fourth-order valence-electron chi connectivity index (χ4n) is 2.11. The Morgan fingerprint density at radius 1 is 1.31 bits per heavy atom. The number of para-hydroxylation sites is 1. The first-order valence-electron chi connectivity index (χ1n) is 5.78. The van der Waals surface area contributed by atoms with Crippen LogP contribution in [0.4, 0.5) is 5.69 Å². The summed E-state index contributed by atoms with van der Waals surface area (Å²) in [6, 6.07) is 7.64. The van der Waals surface area contributed by atoms with Crippen molar-refractivity contribution in [1.82, 2.24) is 0 Å². The fourth-order valence-corrected chi connectivity index (χ4v) is 2.31. The lowest BCUT2D eigenvalue weighted by molar-refractivity contribution is -0.124. The Kier molecular flexibility index (Phi) is 3.83. The molecule has 0 spiro atoms. The first-order valence-corrected chi connectivity index (χ1v) is 6.16. The van der Waals surface area contributed by atoms with Gasteiger partial charge in [0.05, 0.1) is 10.7 Å². The number of halogens is 1. The lowest BCUT2D eigenvalue weighted by Crippen LogP contribution is -2.26. The van der Waals surface area contributed by atoms with Crippen molar-refractivity contribution in [3.63, 3.8) is 0 Å². The Morgan fingerprint density at radius 3 is 2.88 bits per heavy atom. The van der Waals surface area contributed by atoms with Crippen molar-refractivity contribution < 1.29 is 4.79 Å². The number of nitrogens with one attached hydrogen (secondary N) is 1. The van der Waals surface area contributed by atoms with E-state index in [4.69, 9.17) is 11.6 Å². The molecule has 2 nitrogen and oxygen atoms in total. The quantitative estimate of drug-likeness (QED) is 0.872. The van der Waals surface area contributed by atoms with Crippen molar-refractivity contribution in [3.8, 4) is 0 Å². The Bertz CT molecular complexity index is 378. The maximum absolute atomic E-state index is 11.6. The van der Waals surface area contributed by atoms with Crippen LogP contribution in [0.3, 0.4) is 0 Å². The van der Waals surface area contributed by atoms with Crippen LogP contribution in [-0.2, 0) is 4.79 Å². The summed E-state index contributed by atoms with van der Waals surface area (Å²) >= 11 is 6.03. The normalized spacial score (nSPS) is 20.8. The summed E-state index contributed by atoms with van der Waals surface area (Å²) in [4.78, 5) is 11.6. The zero-order valence-electron chi connectivity index (χ0n) is 9.21. The molecule has 1 aliphatic rings.